The average molecular weight is 206 g/mol. The van der Waals surface area contributed by atoms with E-state index in [9.17, 15) is 0 Å². The molecule has 80 valence electrons. The van der Waals surface area contributed by atoms with Crippen LogP contribution in [0.15, 0.2) is 12.3 Å². The van der Waals surface area contributed by atoms with Crippen molar-refractivity contribution in [2.24, 2.45) is 5.73 Å². The predicted octanol–water partition coefficient (Wildman–Crippen LogP) is 0.325. The van der Waals surface area contributed by atoms with E-state index < -0.39 is 0 Å². The lowest BCUT2D eigenvalue weighted by atomic mass is 10.3. The molecule has 0 radical (unpaired) electrons. The molecule has 2 aromatic rings. The predicted molar refractivity (Wildman–Crippen MR) is 56.0 cm³/mol. The lowest BCUT2D eigenvalue weighted by molar-refractivity contribution is 0.636. The fourth-order valence-electron chi connectivity index (χ4n) is 1.48. The van der Waals surface area contributed by atoms with Crippen LogP contribution in [0.3, 0.4) is 0 Å². The number of aryl methyl sites for hydroxylation is 1. The highest BCUT2D eigenvalue weighted by Crippen LogP contribution is 2.14. The van der Waals surface area contributed by atoms with E-state index in [1.54, 1.807) is 6.20 Å². The molecule has 15 heavy (non-hydrogen) atoms. The Labute approximate surface area is 87.5 Å². The molecule has 0 amide bonds. The van der Waals surface area contributed by atoms with Gasteiger partial charge in [-0.15, -0.1) is 10.2 Å². The largest absolute Gasteiger partial charge is 0.330 e. The number of nitrogens with two attached hydrogens (primary N) is 1. The monoisotopic (exact) mass is 206 g/mol. The molecule has 2 aromatic heterocycles. The normalized spacial score (nSPS) is 10.8. The molecule has 0 unspecified atom stereocenters. The van der Waals surface area contributed by atoms with E-state index in [-0.39, 0.29) is 0 Å². The second kappa shape index (κ2) is 4.22. The van der Waals surface area contributed by atoms with Crippen molar-refractivity contribution in [1.29, 1.82) is 0 Å². The molecule has 0 aromatic carbocycles. The van der Waals surface area contributed by atoms with Crippen LogP contribution in [0, 0.1) is 6.92 Å². The summed E-state index contributed by atoms with van der Waals surface area (Å²) in [5, 5.41) is 14.9. The maximum atomic E-state index is 5.49. The molecule has 2 rings (SSSR count). The molecular formula is C9H14N6. The van der Waals surface area contributed by atoms with Crippen molar-refractivity contribution in [1.82, 2.24) is 25.0 Å². The number of H-pyrrole nitrogens is 1. The second-order valence-electron chi connectivity index (χ2n) is 3.34. The summed E-state index contributed by atoms with van der Waals surface area (Å²) < 4.78 is 2.04. The minimum absolute atomic E-state index is 0.667. The summed E-state index contributed by atoms with van der Waals surface area (Å²) in [4.78, 5) is 0. The smallest absolute Gasteiger partial charge is 0.182 e. The van der Waals surface area contributed by atoms with Crippen LogP contribution in [0.4, 0.5) is 0 Å². The Morgan fingerprint density at radius 2 is 2.33 bits per heavy atom. The van der Waals surface area contributed by atoms with Crippen molar-refractivity contribution in [3.8, 4) is 11.5 Å². The van der Waals surface area contributed by atoms with Crippen molar-refractivity contribution < 1.29 is 0 Å². The van der Waals surface area contributed by atoms with Crippen LogP contribution in [0.5, 0.6) is 0 Å². The van der Waals surface area contributed by atoms with Crippen LogP contribution in [-0.4, -0.2) is 31.5 Å². The molecule has 0 aliphatic carbocycles. The molecule has 0 fully saturated rings. The standard InChI is InChI=1S/C9H14N6/c1-7-12-14-9(8-3-5-11-13-8)15(7)6-2-4-10/h3,5H,2,4,6,10H2,1H3,(H,11,13). The summed E-state index contributed by atoms with van der Waals surface area (Å²) in [6, 6.07) is 1.88. The summed E-state index contributed by atoms with van der Waals surface area (Å²) in [6.45, 7) is 3.44. The van der Waals surface area contributed by atoms with Gasteiger partial charge in [-0.3, -0.25) is 5.10 Å². The van der Waals surface area contributed by atoms with E-state index in [1.165, 1.54) is 0 Å². The van der Waals surface area contributed by atoms with E-state index in [2.05, 4.69) is 20.4 Å². The van der Waals surface area contributed by atoms with Gasteiger partial charge in [0.1, 0.15) is 11.5 Å². The first-order chi connectivity index (χ1) is 7.33. The summed E-state index contributed by atoms with van der Waals surface area (Å²) in [7, 11) is 0. The van der Waals surface area contributed by atoms with Crippen molar-refractivity contribution in [2.75, 3.05) is 6.54 Å². The van der Waals surface area contributed by atoms with E-state index in [0.29, 0.717) is 6.54 Å². The molecule has 0 spiro atoms. The number of aromatic amines is 1. The number of hydrogen-bond acceptors (Lipinski definition) is 4. The maximum Gasteiger partial charge on any atom is 0.182 e. The van der Waals surface area contributed by atoms with E-state index in [4.69, 9.17) is 5.73 Å². The molecule has 0 saturated carbocycles. The Morgan fingerprint density at radius 3 is 3.00 bits per heavy atom. The highest BCUT2D eigenvalue weighted by atomic mass is 15.3. The third kappa shape index (κ3) is 1.89. The third-order valence-corrected chi connectivity index (χ3v) is 2.26. The van der Waals surface area contributed by atoms with Crippen LogP contribution in [0.1, 0.15) is 12.2 Å². The average Bonchev–Trinajstić information content (AvgIpc) is 2.84. The fraction of sp³-hybridized carbons (Fsp3) is 0.444. The van der Waals surface area contributed by atoms with Crippen molar-refractivity contribution in [3.63, 3.8) is 0 Å². The molecule has 6 nitrogen and oxygen atoms in total. The van der Waals surface area contributed by atoms with Crippen LogP contribution >= 0.6 is 0 Å². The van der Waals surface area contributed by atoms with Gasteiger partial charge in [0.2, 0.25) is 0 Å². The molecular weight excluding hydrogens is 192 g/mol. The van der Waals surface area contributed by atoms with E-state index in [0.717, 1.165) is 30.3 Å². The fourth-order valence-corrected chi connectivity index (χ4v) is 1.48. The molecule has 2 heterocycles. The molecule has 0 aliphatic heterocycles. The first-order valence-corrected chi connectivity index (χ1v) is 4.92. The number of aromatic nitrogens is 5. The highest BCUT2D eigenvalue weighted by molar-refractivity contribution is 5.48. The van der Waals surface area contributed by atoms with Gasteiger partial charge in [0.25, 0.3) is 0 Å². The maximum absolute atomic E-state index is 5.49. The van der Waals surface area contributed by atoms with E-state index in [1.807, 2.05) is 17.6 Å². The molecule has 0 saturated heterocycles. The molecule has 6 heteroatoms. The molecule has 0 aliphatic rings. The van der Waals surface area contributed by atoms with Crippen molar-refractivity contribution in [3.05, 3.63) is 18.1 Å². The van der Waals surface area contributed by atoms with Gasteiger partial charge in [0, 0.05) is 12.7 Å². The first kappa shape index (κ1) is 9.85. The quantitative estimate of drug-likeness (QED) is 0.754. The molecule has 0 atom stereocenters. The second-order valence-corrected chi connectivity index (χ2v) is 3.34. The Kier molecular flexibility index (Phi) is 2.77. The Morgan fingerprint density at radius 1 is 1.47 bits per heavy atom. The number of nitrogens with one attached hydrogen (secondary N) is 1. The van der Waals surface area contributed by atoms with Crippen LogP contribution in [0.2, 0.25) is 0 Å². The summed E-state index contributed by atoms with van der Waals surface area (Å²) in [5.41, 5.74) is 6.37. The Bertz CT molecular complexity index is 416. The van der Waals surface area contributed by atoms with Gasteiger partial charge < -0.3 is 10.3 Å². The van der Waals surface area contributed by atoms with Gasteiger partial charge in [0.15, 0.2) is 5.82 Å². The third-order valence-electron chi connectivity index (χ3n) is 2.26. The Balaban J connectivity index is 2.31. The van der Waals surface area contributed by atoms with Crippen molar-refractivity contribution >= 4 is 0 Å². The highest BCUT2D eigenvalue weighted by Gasteiger charge is 2.10. The number of rotatable bonds is 4. The SMILES string of the molecule is Cc1nnc(-c2ccn[nH]2)n1CCCN. The summed E-state index contributed by atoms with van der Waals surface area (Å²) in [5.74, 6) is 1.71. The van der Waals surface area contributed by atoms with Crippen LogP contribution in [-0.2, 0) is 6.54 Å². The van der Waals surface area contributed by atoms with Gasteiger partial charge in [-0.25, -0.2) is 0 Å². The van der Waals surface area contributed by atoms with Crippen LogP contribution < -0.4 is 5.73 Å². The van der Waals surface area contributed by atoms with Crippen LogP contribution in [0.25, 0.3) is 11.5 Å². The van der Waals surface area contributed by atoms with Gasteiger partial charge in [-0.1, -0.05) is 0 Å². The zero-order valence-corrected chi connectivity index (χ0v) is 8.64. The minimum atomic E-state index is 0.667. The van der Waals surface area contributed by atoms with E-state index >= 15 is 0 Å². The molecule has 0 bridgehead atoms. The lowest BCUT2D eigenvalue weighted by Gasteiger charge is -2.05. The first-order valence-electron chi connectivity index (χ1n) is 4.92. The molecule has 3 N–H and O–H groups in total. The van der Waals surface area contributed by atoms with Gasteiger partial charge >= 0.3 is 0 Å². The number of nitrogens with zero attached hydrogens (tertiary/aromatic N) is 4. The van der Waals surface area contributed by atoms with Gasteiger partial charge in [-0.2, -0.15) is 5.10 Å². The minimum Gasteiger partial charge on any atom is -0.330 e. The Hall–Kier alpha value is -1.69. The summed E-state index contributed by atoms with van der Waals surface area (Å²) >= 11 is 0. The topological polar surface area (TPSA) is 85.4 Å². The zero-order chi connectivity index (χ0) is 10.7. The zero-order valence-electron chi connectivity index (χ0n) is 8.64. The van der Waals surface area contributed by atoms with Gasteiger partial charge in [-0.05, 0) is 26.0 Å². The lowest BCUT2D eigenvalue weighted by Crippen LogP contribution is -2.08. The van der Waals surface area contributed by atoms with Gasteiger partial charge in [0.05, 0.1) is 0 Å². The summed E-state index contributed by atoms with van der Waals surface area (Å²) in [6.07, 6.45) is 2.62. The number of hydrogen-bond donors (Lipinski definition) is 2. The van der Waals surface area contributed by atoms with Crippen molar-refractivity contribution in [2.45, 2.75) is 19.9 Å².